The molecule has 1 unspecified atom stereocenters. The van der Waals surface area contributed by atoms with Crippen LogP contribution >= 0.6 is 0 Å². The average Bonchev–Trinajstić information content (AvgIpc) is 3.26. The number of aliphatic hydroxyl groups excluding tert-OH is 1. The van der Waals surface area contributed by atoms with Crippen LogP contribution in [-0.4, -0.2) is 23.6 Å². The summed E-state index contributed by atoms with van der Waals surface area (Å²) in [4.78, 5) is 0. The Morgan fingerprint density at radius 1 is 1.35 bits per heavy atom. The minimum absolute atomic E-state index is 0.0487. The molecule has 3 nitrogen and oxygen atoms in total. The first-order valence-electron chi connectivity index (χ1n) is 7.32. The second-order valence-corrected chi connectivity index (χ2v) is 5.52. The fourth-order valence-corrected chi connectivity index (χ4v) is 2.38. The van der Waals surface area contributed by atoms with Gasteiger partial charge in [0.2, 0.25) is 0 Å². The lowest BCUT2D eigenvalue weighted by molar-refractivity contribution is -0.183. The molecule has 1 N–H and O–H groups in total. The van der Waals surface area contributed by atoms with Gasteiger partial charge in [-0.25, -0.2) is 0 Å². The van der Waals surface area contributed by atoms with Gasteiger partial charge in [-0.3, -0.25) is 0 Å². The van der Waals surface area contributed by atoms with Crippen molar-refractivity contribution in [3.63, 3.8) is 0 Å². The largest absolute Gasteiger partial charge is 0.392 e. The van der Waals surface area contributed by atoms with Gasteiger partial charge in [0.1, 0.15) is 5.60 Å². The molecule has 1 atom stereocenters. The van der Waals surface area contributed by atoms with Crippen LogP contribution in [0.4, 0.5) is 0 Å². The van der Waals surface area contributed by atoms with Gasteiger partial charge in [0.25, 0.3) is 0 Å². The fourth-order valence-electron chi connectivity index (χ4n) is 2.38. The van der Waals surface area contributed by atoms with Crippen molar-refractivity contribution < 1.29 is 14.6 Å². The first-order valence-corrected chi connectivity index (χ1v) is 7.32. The molecule has 0 aromatic heterocycles. The van der Waals surface area contributed by atoms with Crippen molar-refractivity contribution in [2.45, 2.75) is 50.6 Å². The Balaban J connectivity index is 1.65. The number of rotatable bonds is 3. The van der Waals surface area contributed by atoms with Gasteiger partial charge in [-0.15, -0.1) is 0 Å². The van der Waals surface area contributed by atoms with E-state index in [1.165, 1.54) is 6.42 Å². The maximum atomic E-state index is 9.13. The highest BCUT2D eigenvalue weighted by molar-refractivity contribution is 5.40. The van der Waals surface area contributed by atoms with Crippen LogP contribution in [0, 0.1) is 11.8 Å². The summed E-state index contributed by atoms with van der Waals surface area (Å²) in [6.45, 7) is 0.847. The van der Waals surface area contributed by atoms with Crippen molar-refractivity contribution in [2.75, 3.05) is 6.61 Å². The summed E-state index contributed by atoms with van der Waals surface area (Å²) >= 11 is 0. The highest BCUT2D eigenvalue weighted by Gasteiger charge is 2.45. The number of aliphatic hydroxyl groups is 1. The SMILES string of the molecule is OCc1cccc(C#CC2(OC3CCCCO3)CC2)c1. The monoisotopic (exact) mass is 272 g/mol. The highest BCUT2D eigenvalue weighted by atomic mass is 16.7. The van der Waals surface area contributed by atoms with Gasteiger partial charge in [-0.1, -0.05) is 24.0 Å². The molecule has 0 radical (unpaired) electrons. The molecule has 1 heterocycles. The summed E-state index contributed by atoms with van der Waals surface area (Å²) in [6, 6.07) is 7.68. The van der Waals surface area contributed by atoms with Gasteiger partial charge < -0.3 is 14.6 Å². The Morgan fingerprint density at radius 2 is 2.25 bits per heavy atom. The van der Waals surface area contributed by atoms with Crippen LogP contribution in [0.2, 0.25) is 0 Å². The molecule has 2 fully saturated rings. The zero-order valence-corrected chi connectivity index (χ0v) is 11.6. The number of benzene rings is 1. The minimum Gasteiger partial charge on any atom is -0.392 e. The molecule has 1 aromatic carbocycles. The van der Waals surface area contributed by atoms with Crippen LogP contribution in [0.25, 0.3) is 0 Å². The van der Waals surface area contributed by atoms with Crippen molar-refractivity contribution in [1.29, 1.82) is 0 Å². The molecular formula is C17H20O3. The molecule has 0 spiro atoms. The number of hydrogen-bond donors (Lipinski definition) is 1. The van der Waals surface area contributed by atoms with Gasteiger partial charge in [0, 0.05) is 12.2 Å². The maximum Gasteiger partial charge on any atom is 0.159 e. The first-order chi connectivity index (χ1) is 9.80. The molecule has 3 heteroatoms. The van der Waals surface area contributed by atoms with Crippen LogP contribution < -0.4 is 0 Å². The molecule has 1 aliphatic heterocycles. The zero-order chi connectivity index (χ0) is 13.8. The smallest absolute Gasteiger partial charge is 0.159 e. The van der Waals surface area contributed by atoms with E-state index in [9.17, 15) is 0 Å². The van der Waals surface area contributed by atoms with Gasteiger partial charge >= 0.3 is 0 Å². The average molecular weight is 272 g/mol. The molecule has 1 aromatic rings. The lowest BCUT2D eigenvalue weighted by Crippen LogP contribution is -2.28. The van der Waals surface area contributed by atoms with Crippen molar-refractivity contribution in [3.8, 4) is 11.8 Å². The van der Waals surface area contributed by atoms with Gasteiger partial charge in [-0.2, -0.15) is 0 Å². The number of ether oxygens (including phenoxy) is 2. The van der Waals surface area contributed by atoms with Gasteiger partial charge in [0.15, 0.2) is 6.29 Å². The molecule has 3 rings (SSSR count). The van der Waals surface area contributed by atoms with Crippen LogP contribution in [0.1, 0.15) is 43.2 Å². The molecule has 0 amide bonds. The van der Waals surface area contributed by atoms with Crippen molar-refractivity contribution in [3.05, 3.63) is 35.4 Å². The standard InChI is InChI=1S/C17H20O3/c18-13-15-5-3-4-14(12-15)7-8-17(9-10-17)20-16-6-1-2-11-19-16/h3-5,12,16,18H,1-2,6,9-11,13H2. The molecule has 0 bridgehead atoms. The summed E-state index contributed by atoms with van der Waals surface area (Å²) in [6.07, 6.45) is 5.17. The van der Waals surface area contributed by atoms with Crippen LogP contribution in [0.15, 0.2) is 24.3 Å². The highest BCUT2D eigenvalue weighted by Crippen LogP contribution is 2.41. The van der Waals surface area contributed by atoms with E-state index in [1.54, 1.807) is 0 Å². The van der Waals surface area contributed by atoms with Crippen molar-refractivity contribution >= 4 is 0 Å². The van der Waals surface area contributed by atoms with E-state index >= 15 is 0 Å². The Kier molecular flexibility index (Phi) is 4.07. The predicted octanol–water partition coefficient (Wildman–Crippen LogP) is 2.61. The Labute approximate surface area is 119 Å². The quantitative estimate of drug-likeness (QED) is 0.860. The van der Waals surface area contributed by atoms with E-state index in [0.717, 1.165) is 43.4 Å². The van der Waals surface area contributed by atoms with E-state index in [1.807, 2.05) is 24.3 Å². The molecule has 20 heavy (non-hydrogen) atoms. The van der Waals surface area contributed by atoms with Gasteiger partial charge in [0.05, 0.1) is 6.61 Å². The molecule has 2 aliphatic rings. The Morgan fingerprint density at radius 3 is 2.95 bits per heavy atom. The minimum atomic E-state index is -0.294. The Hall–Kier alpha value is -1.34. The van der Waals surface area contributed by atoms with E-state index in [2.05, 4.69) is 11.8 Å². The third-order valence-corrected chi connectivity index (χ3v) is 3.74. The molecule has 1 saturated heterocycles. The van der Waals surface area contributed by atoms with Crippen LogP contribution in [0.5, 0.6) is 0 Å². The van der Waals surface area contributed by atoms with Crippen molar-refractivity contribution in [1.82, 2.24) is 0 Å². The molecule has 1 saturated carbocycles. The molecule has 1 aliphatic carbocycles. The topological polar surface area (TPSA) is 38.7 Å². The van der Waals surface area contributed by atoms with E-state index in [4.69, 9.17) is 14.6 Å². The second kappa shape index (κ2) is 5.97. The lowest BCUT2D eigenvalue weighted by Gasteiger charge is -2.25. The van der Waals surface area contributed by atoms with E-state index < -0.39 is 0 Å². The van der Waals surface area contributed by atoms with Gasteiger partial charge in [-0.05, 0) is 49.8 Å². The van der Waals surface area contributed by atoms with E-state index in [0.29, 0.717) is 0 Å². The summed E-state index contributed by atoms with van der Waals surface area (Å²) in [5.41, 5.74) is 1.52. The van der Waals surface area contributed by atoms with Crippen LogP contribution in [0.3, 0.4) is 0 Å². The second-order valence-electron chi connectivity index (χ2n) is 5.52. The molecule has 106 valence electrons. The summed E-state index contributed by atoms with van der Waals surface area (Å²) < 4.78 is 11.6. The Bertz CT molecular complexity index is 517. The normalized spacial score (nSPS) is 23.8. The summed E-state index contributed by atoms with van der Waals surface area (Å²) in [5.74, 6) is 6.42. The summed E-state index contributed by atoms with van der Waals surface area (Å²) in [7, 11) is 0. The first kappa shape index (κ1) is 13.6. The lowest BCUT2D eigenvalue weighted by atomic mass is 10.1. The van der Waals surface area contributed by atoms with Crippen LogP contribution in [-0.2, 0) is 16.1 Å². The summed E-state index contributed by atoms with van der Waals surface area (Å²) in [5, 5.41) is 9.13. The molecular weight excluding hydrogens is 252 g/mol. The maximum absolute atomic E-state index is 9.13. The zero-order valence-electron chi connectivity index (χ0n) is 11.6. The fraction of sp³-hybridized carbons (Fsp3) is 0.529. The number of hydrogen-bond acceptors (Lipinski definition) is 3. The third-order valence-electron chi connectivity index (χ3n) is 3.74. The van der Waals surface area contributed by atoms with E-state index in [-0.39, 0.29) is 18.5 Å². The third kappa shape index (κ3) is 3.40. The predicted molar refractivity (Wildman–Crippen MR) is 75.9 cm³/mol. The van der Waals surface area contributed by atoms with Crippen molar-refractivity contribution in [2.24, 2.45) is 0 Å².